The monoisotopic (exact) mass is 468 g/mol. The average Bonchev–Trinajstić information content (AvgIpc) is 3.26. The van der Waals surface area contributed by atoms with E-state index < -0.39 is 16.2 Å². The van der Waals surface area contributed by atoms with Crippen LogP contribution < -0.4 is 5.32 Å². The molecule has 1 aliphatic rings. The Morgan fingerprint density at radius 1 is 0.706 bits per heavy atom. The van der Waals surface area contributed by atoms with Gasteiger partial charge in [0.1, 0.15) is 0 Å². The Hall–Kier alpha value is -3.25. The van der Waals surface area contributed by atoms with Gasteiger partial charge < -0.3 is 0 Å². The van der Waals surface area contributed by atoms with Crippen molar-refractivity contribution in [2.24, 2.45) is 0 Å². The summed E-state index contributed by atoms with van der Waals surface area (Å²) in [6, 6.07) is 36.7. The Morgan fingerprint density at radius 2 is 1.24 bits per heavy atom. The van der Waals surface area contributed by atoms with Gasteiger partial charge in [0.05, 0.1) is 23.1 Å². The van der Waals surface area contributed by atoms with Gasteiger partial charge in [-0.25, -0.2) is 8.42 Å². The second-order valence-corrected chi connectivity index (χ2v) is 10.6. The first-order valence-electron chi connectivity index (χ1n) is 11.5. The largest absolute Gasteiger partial charge is 0.292 e. The molecule has 34 heavy (non-hydrogen) atoms. The number of benzene rings is 4. The number of sulfonamides is 1. The third-order valence-corrected chi connectivity index (χ3v) is 8.34. The molecule has 0 amide bonds. The molecule has 1 saturated heterocycles. The maximum Gasteiger partial charge on any atom is 0.245 e. The third-order valence-electron chi connectivity index (χ3n) is 6.44. The van der Waals surface area contributed by atoms with E-state index in [9.17, 15) is 8.42 Å². The summed E-state index contributed by atoms with van der Waals surface area (Å²) >= 11 is 0. The molecule has 5 heteroatoms. The quantitative estimate of drug-likeness (QED) is 0.398. The molecule has 1 N–H and O–H groups in total. The van der Waals surface area contributed by atoms with E-state index in [4.69, 9.17) is 0 Å². The van der Waals surface area contributed by atoms with Crippen LogP contribution in [0.25, 0.3) is 0 Å². The fraction of sp³-hybridized carbons (Fsp3) is 0.172. The van der Waals surface area contributed by atoms with Crippen molar-refractivity contribution < 1.29 is 8.42 Å². The van der Waals surface area contributed by atoms with Gasteiger partial charge in [-0.15, -0.1) is 0 Å². The van der Waals surface area contributed by atoms with Crippen LogP contribution in [0.4, 0.5) is 0 Å². The minimum absolute atomic E-state index is 0.183. The van der Waals surface area contributed by atoms with Crippen LogP contribution in [0.3, 0.4) is 0 Å². The lowest BCUT2D eigenvalue weighted by atomic mass is 9.95. The van der Waals surface area contributed by atoms with E-state index in [0.717, 1.165) is 22.3 Å². The zero-order valence-corrected chi connectivity index (χ0v) is 19.9. The Labute approximate surface area is 201 Å². The highest BCUT2D eigenvalue weighted by Gasteiger charge is 2.48. The molecule has 0 radical (unpaired) electrons. The van der Waals surface area contributed by atoms with Crippen LogP contribution in [-0.2, 0) is 16.4 Å². The third kappa shape index (κ3) is 4.42. The highest BCUT2D eigenvalue weighted by Crippen LogP contribution is 2.44. The number of rotatable bonds is 6. The molecule has 0 unspecified atom stereocenters. The normalized spacial score (nSPS) is 20.9. The van der Waals surface area contributed by atoms with E-state index in [2.05, 4.69) is 17.4 Å². The Kier molecular flexibility index (Phi) is 6.33. The molecule has 0 spiro atoms. The van der Waals surface area contributed by atoms with Crippen LogP contribution in [0.2, 0.25) is 0 Å². The standard InChI is InChI=1S/C29H28N2O2S/c1-22-17-19-26(20-18-22)34(32,33)31-27(21-23-11-5-2-6-12-23)30-28(24-13-7-3-8-14-24)29(31)25-15-9-4-10-16-25/h2-20,27-30H,21H2,1H3/t27-,28+,29+/m0/s1. The zero-order valence-electron chi connectivity index (χ0n) is 19.1. The molecule has 1 fully saturated rings. The van der Waals surface area contributed by atoms with Crippen LogP contribution >= 0.6 is 0 Å². The molecule has 172 valence electrons. The zero-order chi connectivity index (χ0) is 23.5. The second-order valence-electron chi connectivity index (χ2n) is 8.76. The number of hydrogen-bond donors (Lipinski definition) is 1. The minimum atomic E-state index is -3.79. The van der Waals surface area contributed by atoms with E-state index in [1.165, 1.54) is 0 Å². The highest BCUT2D eigenvalue weighted by atomic mass is 32.2. The lowest BCUT2D eigenvalue weighted by Gasteiger charge is -2.30. The molecule has 1 heterocycles. The molecule has 3 atom stereocenters. The van der Waals surface area contributed by atoms with Crippen LogP contribution in [0.15, 0.2) is 120 Å². The second kappa shape index (κ2) is 9.55. The van der Waals surface area contributed by atoms with Gasteiger partial charge in [-0.1, -0.05) is 109 Å². The van der Waals surface area contributed by atoms with Crippen molar-refractivity contribution in [1.29, 1.82) is 0 Å². The molecule has 4 nitrogen and oxygen atoms in total. The molecule has 0 aromatic heterocycles. The predicted octanol–water partition coefficient (Wildman–Crippen LogP) is 5.64. The molecular weight excluding hydrogens is 440 g/mol. The maximum atomic E-state index is 14.2. The smallest absolute Gasteiger partial charge is 0.245 e. The summed E-state index contributed by atoms with van der Waals surface area (Å²) in [6.45, 7) is 1.96. The minimum Gasteiger partial charge on any atom is -0.292 e. The summed E-state index contributed by atoms with van der Waals surface area (Å²) in [5, 5.41) is 3.69. The number of nitrogens with zero attached hydrogens (tertiary/aromatic N) is 1. The van der Waals surface area contributed by atoms with Gasteiger partial charge in [-0.05, 0) is 35.7 Å². The van der Waals surface area contributed by atoms with Crippen molar-refractivity contribution in [3.63, 3.8) is 0 Å². The van der Waals surface area contributed by atoms with E-state index in [0.29, 0.717) is 11.3 Å². The van der Waals surface area contributed by atoms with E-state index in [1.807, 2.05) is 97.9 Å². The molecule has 0 bridgehead atoms. The first kappa shape index (κ1) is 22.5. The van der Waals surface area contributed by atoms with Gasteiger partial charge in [0.15, 0.2) is 0 Å². The molecule has 0 aliphatic carbocycles. The molecule has 1 aliphatic heterocycles. The fourth-order valence-corrected chi connectivity index (χ4v) is 6.51. The number of hydrogen-bond acceptors (Lipinski definition) is 3. The van der Waals surface area contributed by atoms with Gasteiger partial charge in [0.25, 0.3) is 0 Å². The van der Waals surface area contributed by atoms with Gasteiger partial charge in [0.2, 0.25) is 10.0 Å². The first-order chi connectivity index (χ1) is 16.5. The van der Waals surface area contributed by atoms with E-state index in [-0.39, 0.29) is 12.1 Å². The number of aryl methyl sites for hydroxylation is 1. The Bertz CT molecular complexity index is 1330. The van der Waals surface area contributed by atoms with Gasteiger partial charge in [0, 0.05) is 6.42 Å². The lowest BCUT2D eigenvalue weighted by molar-refractivity contribution is 0.312. The van der Waals surface area contributed by atoms with Crippen LogP contribution in [-0.4, -0.2) is 18.9 Å². The van der Waals surface area contributed by atoms with Crippen LogP contribution in [0.5, 0.6) is 0 Å². The van der Waals surface area contributed by atoms with Gasteiger partial charge in [-0.3, -0.25) is 5.32 Å². The van der Waals surface area contributed by atoms with Crippen molar-refractivity contribution in [2.45, 2.75) is 36.5 Å². The fourth-order valence-electron chi connectivity index (χ4n) is 4.78. The van der Waals surface area contributed by atoms with Crippen molar-refractivity contribution >= 4 is 10.0 Å². The number of nitrogens with one attached hydrogen (secondary N) is 1. The molecule has 4 aromatic carbocycles. The summed E-state index contributed by atoms with van der Waals surface area (Å²) in [6.07, 6.45) is 0.169. The van der Waals surface area contributed by atoms with Gasteiger partial charge in [-0.2, -0.15) is 4.31 Å². The van der Waals surface area contributed by atoms with Crippen molar-refractivity contribution in [3.8, 4) is 0 Å². The molecule has 0 saturated carbocycles. The van der Waals surface area contributed by atoms with Crippen LogP contribution in [0, 0.1) is 6.92 Å². The SMILES string of the molecule is Cc1ccc(S(=O)(=O)N2[C@H](c3ccccc3)[C@@H](c3ccccc3)N[C@@H]2Cc2ccccc2)cc1. The molecular formula is C29H28N2O2S. The Balaban J connectivity index is 1.66. The van der Waals surface area contributed by atoms with E-state index >= 15 is 0 Å². The lowest BCUT2D eigenvalue weighted by Crippen LogP contribution is -2.42. The van der Waals surface area contributed by atoms with Crippen molar-refractivity contribution in [1.82, 2.24) is 9.62 Å². The predicted molar refractivity (Wildman–Crippen MR) is 136 cm³/mol. The summed E-state index contributed by atoms with van der Waals surface area (Å²) in [4.78, 5) is 0.313. The summed E-state index contributed by atoms with van der Waals surface area (Å²) < 4.78 is 30.1. The average molecular weight is 469 g/mol. The summed E-state index contributed by atoms with van der Waals surface area (Å²) in [5.74, 6) is 0. The topological polar surface area (TPSA) is 49.4 Å². The molecule has 5 rings (SSSR count). The van der Waals surface area contributed by atoms with Gasteiger partial charge >= 0.3 is 0 Å². The Morgan fingerprint density at radius 3 is 1.82 bits per heavy atom. The van der Waals surface area contributed by atoms with Crippen molar-refractivity contribution in [2.75, 3.05) is 0 Å². The summed E-state index contributed by atoms with van der Waals surface area (Å²) in [5.41, 5.74) is 4.15. The van der Waals surface area contributed by atoms with E-state index in [1.54, 1.807) is 16.4 Å². The highest BCUT2D eigenvalue weighted by molar-refractivity contribution is 7.89. The maximum absolute atomic E-state index is 14.2. The summed E-state index contributed by atoms with van der Waals surface area (Å²) in [7, 11) is -3.79. The van der Waals surface area contributed by atoms with Crippen molar-refractivity contribution in [3.05, 3.63) is 138 Å². The van der Waals surface area contributed by atoms with Crippen LogP contribution in [0.1, 0.15) is 34.3 Å². The molecule has 4 aromatic rings. The first-order valence-corrected chi connectivity index (χ1v) is 13.0.